The second-order valence-electron chi connectivity index (χ2n) is 7.14. The summed E-state index contributed by atoms with van der Waals surface area (Å²) < 4.78 is 37.8. The minimum absolute atomic E-state index is 0.137. The van der Waals surface area contributed by atoms with Gasteiger partial charge in [-0.25, -0.2) is 13.2 Å². The first-order valence-corrected chi connectivity index (χ1v) is 11.3. The molecule has 166 valence electrons. The van der Waals surface area contributed by atoms with Crippen molar-refractivity contribution in [3.63, 3.8) is 0 Å². The largest absolute Gasteiger partial charge is 0.497 e. The molecule has 0 radical (unpaired) electrons. The molecular formula is C24H23NO6S. The van der Waals surface area contributed by atoms with Gasteiger partial charge in [-0.05, 0) is 74.5 Å². The molecule has 3 aromatic rings. The Balaban J connectivity index is 1.64. The average molecular weight is 454 g/mol. The van der Waals surface area contributed by atoms with E-state index in [0.29, 0.717) is 17.0 Å². The Morgan fingerprint density at radius 1 is 0.844 bits per heavy atom. The summed E-state index contributed by atoms with van der Waals surface area (Å²) in [5, 5.41) is 0. The number of nitrogens with one attached hydrogen (secondary N) is 1. The lowest BCUT2D eigenvalue weighted by atomic mass is 10.1. The first-order chi connectivity index (χ1) is 15.2. The topological polar surface area (TPSA) is 98.8 Å². The number of esters is 1. The molecule has 0 amide bonds. The van der Waals surface area contributed by atoms with Gasteiger partial charge in [-0.2, -0.15) is 0 Å². The second kappa shape index (κ2) is 9.65. The van der Waals surface area contributed by atoms with Gasteiger partial charge in [0.15, 0.2) is 6.10 Å². The number of anilines is 1. The van der Waals surface area contributed by atoms with Crippen molar-refractivity contribution < 1.29 is 27.5 Å². The van der Waals surface area contributed by atoms with E-state index in [2.05, 4.69) is 4.72 Å². The number of aryl methyl sites for hydroxylation is 1. The zero-order valence-electron chi connectivity index (χ0n) is 17.9. The monoisotopic (exact) mass is 453 g/mol. The van der Waals surface area contributed by atoms with Crippen LogP contribution >= 0.6 is 0 Å². The summed E-state index contributed by atoms with van der Waals surface area (Å²) in [7, 11) is -2.22. The van der Waals surface area contributed by atoms with Gasteiger partial charge in [0.25, 0.3) is 10.0 Å². The number of hydrogen-bond acceptors (Lipinski definition) is 6. The standard InChI is InChI=1S/C24H23NO6S/c1-16-4-14-22(15-5-16)32(28,29)25-20-10-6-19(7-11-20)24(27)31-17(2)23(26)18-8-12-21(30-3)13-9-18/h4-15,17,25H,1-3H3. The number of Topliss-reactive ketones (excluding diaryl/α,β-unsaturated/α-hetero) is 1. The quantitative estimate of drug-likeness (QED) is 0.405. The molecule has 7 nitrogen and oxygen atoms in total. The van der Waals surface area contributed by atoms with Crippen molar-refractivity contribution in [3.05, 3.63) is 89.5 Å². The third-order valence-corrected chi connectivity index (χ3v) is 6.13. The Bertz CT molecular complexity index is 1200. The van der Waals surface area contributed by atoms with E-state index < -0.39 is 22.1 Å². The molecule has 0 saturated heterocycles. The van der Waals surface area contributed by atoms with Gasteiger partial charge in [0.1, 0.15) is 5.75 Å². The van der Waals surface area contributed by atoms with Gasteiger partial charge in [-0.15, -0.1) is 0 Å². The van der Waals surface area contributed by atoms with Crippen LogP contribution in [0.25, 0.3) is 0 Å². The lowest BCUT2D eigenvalue weighted by molar-refractivity contribution is 0.0319. The summed E-state index contributed by atoms with van der Waals surface area (Å²) in [5.74, 6) is -0.417. The van der Waals surface area contributed by atoms with Crippen LogP contribution in [0.2, 0.25) is 0 Å². The van der Waals surface area contributed by atoms with Crippen LogP contribution in [0, 0.1) is 6.92 Å². The maximum absolute atomic E-state index is 12.5. The number of carbonyl (C=O) groups excluding carboxylic acids is 2. The fourth-order valence-electron chi connectivity index (χ4n) is 2.88. The van der Waals surface area contributed by atoms with Crippen molar-refractivity contribution in [1.29, 1.82) is 0 Å². The maximum atomic E-state index is 12.5. The normalized spacial score (nSPS) is 12.0. The molecule has 1 unspecified atom stereocenters. The van der Waals surface area contributed by atoms with Crippen LogP contribution in [0.5, 0.6) is 5.75 Å². The molecule has 3 rings (SSSR count). The molecule has 0 aliphatic heterocycles. The maximum Gasteiger partial charge on any atom is 0.338 e. The van der Waals surface area contributed by atoms with Crippen molar-refractivity contribution in [3.8, 4) is 5.75 Å². The zero-order chi connectivity index (χ0) is 23.3. The van der Waals surface area contributed by atoms with Gasteiger partial charge in [0.05, 0.1) is 17.6 Å². The molecule has 0 aromatic heterocycles. The van der Waals surface area contributed by atoms with E-state index >= 15 is 0 Å². The van der Waals surface area contributed by atoms with Gasteiger partial charge in [-0.3, -0.25) is 9.52 Å². The van der Waals surface area contributed by atoms with E-state index in [1.807, 2.05) is 6.92 Å². The fraction of sp³-hybridized carbons (Fsp3) is 0.167. The molecule has 1 atom stereocenters. The first kappa shape index (κ1) is 23.0. The van der Waals surface area contributed by atoms with E-state index in [-0.39, 0.29) is 16.2 Å². The number of benzene rings is 3. The van der Waals surface area contributed by atoms with Crippen LogP contribution < -0.4 is 9.46 Å². The van der Waals surface area contributed by atoms with E-state index in [1.165, 1.54) is 50.4 Å². The molecule has 0 bridgehead atoms. The number of ether oxygens (including phenoxy) is 2. The number of rotatable bonds is 8. The summed E-state index contributed by atoms with van der Waals surface area (Å²) in [4.78, 5) is 25.0. The van der Waals surface area contributed by atoms with Crippen LogP contribution in [-0.2, 0) is 14.8 Å². The Kier molecular flexibility index (Phi) is 6.95. The Morgan fingerprint density at radius 3 is 1.97 bits per heavy atom. The number of sulfonamides is 1. The first-order valence-electron chi connectivity index (χ1n) is 9.78. The Hall–Kier alpha value is -3.65. The van der Waals surface area contributed by atoms with Crippen molar-refractivity contribution in [2.24, 2.45) is 0 Å². The van der Waals surface area contributed by atoms with Gasteiger partial charge in [0, 0.05) is 11.3 Å². The lowest BCUT2D eigenvalue weighted by Gasteiger charge is -2.13. The molecule has 0 aliphatic rings. The van der Waals surface area contributed by atoms with Crippen LogP contribution in [0.3, 0.4) is 0 Å². The van der Waals surface area contributed by atoms with Crippen molar-refractivity contribution >= 4 is 27.5 Å². The van der Waals surface area contributed by atoms with Crippen LogP contribution in [0.15, 0.2) is 77.7 Å². The molecule has 0 spiro atoms. The highest BCUT2D eigenvalue weighted by Crippen LogP contribution is 2.19. The van der Waals surface area contributed by atoms with Crippen molar-refractivity contribution in [2.45, 2.75) is 24.8 Å². The van der Waals surface area contributed by atoms with Gasteiger partial charge >= 0.3 is 5.97 Å². The molecule has 0 fully saturated rings. The number of methoxy groups -OCH3 is 1. The van der Waals surface area contributed by atoms with Crippen LogP contribution in [0.1, 0.15) is 33.2 Å². The van der Waals surface area contributed by atoms with Gasteiger partial charge in [-0.1, -0.05) is 17.7 Å². The molecule has 32 heavy (non-hydrogen) atoms. The smallest absolute Gasteiger partial charge is 0.338 e. The van der Waals surface area contributed by atoms with Gasteiger partial charge < -0.3 is 9.47 Å². The Labute approximate surface area is 187 Å². The van der Waals surface area contributed by atoms with E-state index in [1.54, 1.807) is 36.4 Å². The van der Waals surface area contributed by atoms with Crippen molar-refractivity contribution in [2.75, 3.05) is 11.8 Å². The Morgan fingerprint density at radius 2 is 1.41 bits per heavy atom. The zero-order valence-corrected chi connectivity index (χ0v) is 18.7. The highest BCUT2D eigenvalue weighted by Gasteiger charge is 2.21. The predicted octanol–water partition coefficient (Wildman–Crippen LogP) is 4.23. The molecule has 3 aromatic carbocycles. The third-order valence-electron chi connectivity index (χ3n) is 4.73. The second-order valence-corrected chi connectivity index (χ2v) is 8.82. The summed E-state index contributed by atoms with van der Waals surface area (Å²) in [6.07, 6.45) is -0.990. The minimum Gasteiger partial charge on any atom is -0.497 e. The predicted molar refractivity (Wildman–Crippen MR) is 121 cm³/mol. The highest BCUT2D eigenvalue weighted by molar-refractivity contribution is 7.92. The summed E-state index contributed by atoms with van der Waals surface area (Å²) in [6, 6.07) is 18.7. The van der Waals surface area contributed by atoms with E-state index in [9.17, 15) is 18.0 Å². The van der Waals surface area contributed by atoms with Crippen LogP contribution in [-0.4, -0.2) is 33.4 Å². The molecule has 1 N–H and O–H groups in total. The molecule has 8 heteroatoms. The molecule has 0 aliphatic carbocycles. The fourth-order valence-corrected chi connectivity index (χ4v) is 3.94. The van der Waals surface area contributed by atoms with E-state index in [0.717, 1.165) is 5.56 Å². The highest BCUT2D eigenvalue weighted by atomic mass is 32.2. The van der Waals surface area contributed by atoms with Gasteiger partial charge in [0.2, 0.25) is 5.78 Å². The van der Waals surface area contributed by atoms with Crippen LogP contribution in [0.4, 0.5) is 5.69 Å². The third kappa shape index (κ3) is 5.53. The summed E-state index contributed by atoms with van der Waals surface area (Å²) >= 11 is 0. The molecular weight excluding hydrogens is 430 g/mol. The SMILES string of the molecule is COc1ccc(C(=O)C(C)OC(=O)c2ccc(NS(=O)(=O)c3ccc(C)cc3)cc2)cc1. The molecule has 0 saturated carbocycles. The number of hydrogen-bond donors (Lipinski definition) is 1. The summed E-state index contributed by atoms with van der Waals surface area (Å²) in [6.45, 7) is 3.36. The number of carbonyl (C=O) groups is 2. The average Bonchev–Trinajstić information content (AvgIpc) is 2.79. The lowest BCUT2D eigenvalue weighted by Crippen LogP contribution is -2.24. The summed E-state index contributed by atoms with van der Waals surface area (Å²) in [5.41, 5.74) is 1.83. The number of ketones is 1. The van der Waals surface area contributed by atoms with Crippen molar-refractivity contribution in [1.82, 2.24) is 0 Å². The molecule has 0 heterocycles. The minimum atomic E-state index is -3.75. The van der Waals surface area contributed by atoms with E-state index in [4.69, 9.17) is 9.47 Å².